The minimum absolute atomic E-state index is 0.0738. The molecule has 2 N–H and O–H groups in total. The molecule has 3 nitrogen and oxygen atoms in total. The maximum Gasteiger partial charge on any atom is 0.142 e. The largest absolute Gasteiger partial charge is 0.506 e. The number of rotatable bonds is 5. The average molecular weight is 358 g/mol. The lowest BCUT2D eigenvalue weighted by atomic mass is 10.1. The Morgan fingerprint density at radius 2 is 1.75 bits per heavy atom. The monoisotopic (exact) mass is 357 g/mol. The average Bonchev–Trinajstić information content (AvgIpc) is 2.63. The SMILES string of the molecule is COc1ccc(-c2ccccc2)cc1NSc1ccc(O)c(Cl)c1. The van der Waals surface area contributed by atoms with E-state index in [0.29, 0.717) is 5.02 Å². The molecule has 0 saturated carbocycles. The standard InChI is InChI=1S/C19H16ClNO2S/c1-23-19-10-7-14(13-5-3-2-4-6-13)11-17(19)21-24-15-8-9-18(22)16(20)12-15/h2-12,21-22H,1H3. The Morgan fingerprint density at radius 3 is 2.46 bits per heavy atom. The molecule has 0 atom stereocenters. The van der Waals surface area contributed by atoms with Gasteiger partial charge in [0.05, 0.1) is 17.8 Å². The molecule has 0 amide bonds. The van der Waals surface area contributed by atoms with E-state index in [0.717, 1.165) is 27.5 Å². The third-order valence-corrected chi connectivity index (χ3v) is 4.62. The number of anilines is 1. The first-order valence-corrected chi connectivity index (χ1v) is 8.51. The van der Waals surface area contributed by atoms with Crippen LogP contribution in [0, 0.1) is 0 Å². The number of phenolic OH excluding ortho intramolecular Hbond substituents is 1. The molecule has 3 rings (SSSR count). The second-order valence-electron chi connectivity index (χ2n) is 5.10. The third kappa shape index (κ3) is 3.78. The molecule has 0 spiro atoms. The van der Waals surface area contributed by atoms with Gasteiger partial charge in [-0.15, -0.1) is 0 Å². The molecular formula is C19H16ClNO2S. The number of benzene rings is 3. The van der Waals surface area contributed by atoms with Gasteiger partial charge in [-0.05, 0) is 53.4 Å². The van der Waals surface area contributed by atoms with Crippen molar-refractivity contribution in [3.05, 3.63) is 71.8 Å². The Balaban J connectivity index is 1.84. The van der Waals surface area contributed by atoms with Crippen LogP contribution in [0.2, 0.25) is 5.02 Å². The van der Waals surface area contributed by atoms with E-state index in [9.17, 15) is 5.11 Å². The van der Waals surface area contributed by atoms with Crippen molar-refractivity contribution >= 4 is 29.2 Å². The molecule has 0 heterocycles. The fourth-order valence-corrected chi connectivity index (χ4v) is 3.21. The zero-order valence-corrected chi connectivity index (χ0v) is 14.6. The fraction of sp³-hybridized carbons (Fsp3) is 0.0526. The van der Waals surface area contributed by atoms with Crippen molar-refractivity contribution in [1.82, 2.24) is 0 Å². The van der Waals surface area contributed by atoms with E-state index in [-0.39, 0.29) is 5.75 Å². The summed E-state index contributed by atoms with van der Waals surface area (Å²) in [7, 11) is 1.64. The maximum absolute atomic E-state index is 9.49. The van der Waals surface area contributed by atoms with Gasteiger partial charge in [0.2, 0.25) is 0 Å². The molecule has 0 aliphatic heterocycles. The Morgan fingerprint density at radius 1 is 0.958 bits per heavy atom. The molecule has 122 valence electrons. The van der Waals surface area contributed by atoms with E-state index < -0.39 is 0 Å². The second kappa shape index (κ2) is 7.51. The quantitative estimate of drug-likeness (QED) is 0.563. The molecule has 3 aromatic carbocycles. The summed E-state index contributed by atoms with van der Waals surface area (Å²) in [4.78, 5) is 0.893. The Labute approximate surface area is 150 Å². The highest BCUT2D eigenvalue weighted by Gasteiger charge is 2.07. The van der Waals surface area contributed by atoms with Crippen molar-refractivity contribution in [3.63, 3.8) is 0 Å². The van der Waals surface area contributed by atoms with Crippen LogP contribution in [0.25, 0.3) is 11.1 Å². The summed E-state index contributed by atoms with van der Waals surface area (Å²) in [6.45, 7) is 0. The van der Waals surface area contributed by atoms with Crippen LogP contribution >= 0.6 is 23.5 Å². The van der Waals surface area contributed by atoms with Crippen LogP contribution in [0.5, 0.6) is 11.5 Å². The van der Waals surface area contributed by atoms with Gasteiger partial charge in [0.25, 0.3) is 0 Å². The Hall–Kier alpha value is -2.30. The molecule has 0 aliphatic rings. The summed E-state index contributed by atoms with van der Waals surface area (Å²) >= 11 is 7.35. The number of phenols is 1. The van der Waals surface area contributed by atoms with Crippen LogP contribution in [-0.2, 0) is 0 Å². The lowest BCUT2D eigenvalue weighted by Gasteiger charge is -2.13. The highest BCUT2D eigenvalue weighted by molar-refractivity contribution is 8.00. The first-order valence-electron chi connectivity index (χ1n) is 7.32. The van der Waals surface area contributed by atoms with Gasteiger partial charge in [-0.3, -0.25) is 0 Å². The Kier molecular flexibility index (Phi) is 5.18. The van der Waals surface area contributed by atoms with Crippen molar-refractivity contribution in [2.75, 3.05) is 11.8 Å². The molecule has 0 saturated heterocycles. The van der Waals surface area contributed by atoms with Crippen molar-refractivity contribution in [2.24, 2.45) is 0 Å². The summed E-state index contributed by atoms with van der Waals surface area (Å²) < 4.78 is 8.71. The normalized spacial score (nSPS) is 10.4. The van der Waals surface area contributed by atoms with Crippen molar-refractivity contribution in [2.45, 2.75) is 4.90 Å². The number of ether oxygens (including phenoxy) is 1. The fourth-order valence-electron chi connectivity index (χ4n) is 2.26. The third-order valence-electron chi connectivity index (χ3n) is 3.50. The van der Waals surface area contributed by atoms with Crippen LogP contribution in [-0.4, -0.2) is 12.2 Å². The van der Waals surface area contributed by atoms with Crippen LogP contribution in [0.15, 0.2) is 71.6 Å². The molecule has 5 heteroatoms. The molecule has 0 aromatic heterocycles. The van der Waals surface area contributed by atoms with E-state index in [2.05, 4.69) is 16.9 Å². The van der Waals surface area contributed by atoms with Gasteiger partial charge in [0.15, 0.2) is 0 Å². The topological polar surface area (TPSA) is 41.5 Å². The van der Waals surface area contributed by atoms with E-state index >= 15 is 0 Å². The van der Waals surface area contributed by atoms with Crippen molar-refractivity contribution < 1.29 is 9.84 Å². The Bertz CT molecular complexity index is 840. The van der Waals surface area contributed by atoms with Crippen LogP contribution in [0.4, 0.5) is 5.69 Å². The number of methoxy groups -OCH3 is 1. The zero-order chi connectivity index (χ0) is 16.9. The summed E-state index contributed by atoms with van der Waals surface area (Å²) in [5.74, 6) is 0.830. The number of hydrogen-bond donors (Lipinski definition) is 2. The minimum Gasteiger partial charge on any atom is -0.506 e. The maximum atomic E-state index is 9.49. The van der Waals surface area contributed by atoms with Gasteiger partial charge in [-0.25, -0.2) is 0 Å². The summed E-state index contributed by atoms with van der Waals surface area (Å²) in [5, 5.41) is 9.82. The summed E-state index contributed by atoms with van der Waals surface area (Å²) in [5.41, 5.74) is 3.11. The second-order valence-corrected chi connectivity index (χ2v) is 6.39. The molecule has 24 heavy (non-hydrogen) atoms. The van der Waals surface area contributed by atoms with Gasteiger partial charge >= 0.3 is 0 Å². The summed E-state index contributed by atoms with van der Waals surface area (Å²) in [6.07, 6.45) is 0. The van der Waals surface area contributed by atoms with Crippen LogP contribution in [0.1, 0.15) is 0 Å². The summed E-state index contributed by atoms with van der Waals surface area (Å²) in [6, 6.07) is 21.3. The lowest BCUT2D eigenvalue weighted by molar-refractivity contribution is 0.417. The van der Waals surface area contributed by atoms with Gasteiger partial charge < -0.3 is 14.6 Å². The lowest BCUT2D eigenvalue weighted by Crippen LogP contribution is -1.93. The van der Waals surface area contributed by atoms with Crippen LogP contribution in [0.3, 0.4) is 0 Å². The molecule has 0 bridgehead atoms. The van der Waals surface area contributed by atoms with E-state index in [1.165, 1.54) is 11.9 Å². The number of hydrogen-bond acceptors (Lipinski definition) is 4. The molecule has 3 aromatic rings. The van der Waals surface area contributed by atoms with Gasteiger partial charge in [0.1, 0.15) is 11.5 Å². The van der Waals surface area contributed by atoms with E-state index in [4.69, 9.17) is 16.3 Å². The molecule has 0 unspecified atom stereocenters. The molecule has 0 radical (unpaired) electrons. The van der Waals surface area contributed by atoms with Gasteiger partial charge in [-0.1, -0.05) is 48.0 Å². The first kappa shape index (κ1) is 16.6. The molecule has 0 fully saturated rings. The number of aromatic hydroxyl groups is 1. The van der Waals surface area contributed by atoms with Gasteiger partial charge in [0, 0.05) is 4.90 Å². The predicted molar refractivity (Wildman–Crippen MR) is 101 cm³/mol. The smallest absolute Gasteiger partial charge is 0.142 e. The minimum atomic E-state index is 0.0738. The number of nitrogens with one attached hydrogen (secondary N) is 1. The highest BCUT2D eigenvalue weighted by atomic mass is 35.5. The van der Waals surface area contributed by atoms with Crippen molar-refractivity contribution in [1.29, 1.82) is 0 Å². The van der Waals surface area contributed by atoms with Crippen LogP contribution < -0.4 is 9.46 Å². The predicted octanol–water partition coefficient (Wildman–Crippen LogP) is 5.84. The number of halogens is 1. The first-order chi connectivity index (χ1) is 11.7. The van der Waals surface area contributed by atoms with E-state index in [1.807, 2.05) is 36.4 Å². The highest BCUT2D eigenvalue weighted by Crippen LogP contribution is 2.35. The van der Waals surface area contributed by atoms with Crippen molar-refractivity contribution in [3.8, 4) is 22.6 Å². The van der Waals surface area contributed by atoms with E-state index in [1.54, 1.807) is 25.3 Å². The molecule has 0 aliphatic carbocycles. The zero-order valence-electron chi connectivity index (χ0n) is 13.0. The molecular weight excluding hydrogens is 342 g/mol. The van der Waals surface area contributed by atoms with Gasteiger partial charge in [-0.2, -0.15) is 0 Å².